The molecule has 7 heteroatoms. The highest BCUT2D eigenvalue weighted by Crippen LogP contribution is 2.26. The fraction of sp³-hybridized carbons (Fsp3) is 0.143. The Morgan fingerprint density at radius 3 is 2.81 bits per heavy atom. The highest BCUT2D eigenvalue weighted by atomic mass is 35.5. The summed E-state index contributed by atoms with van der Waals surface area (Å²) < 4.78 is 0. The maximum absolute atomic E-state index is 12.1. The molecule has 3 rings (SSSR count). The first-order valence-corrected chi connectivity index (χ1v) is 6.63. The minimum Gasteiger partial charge on any atom is -0.345 e. The average Bonchev–Trinajstić information content (AvgIpc) is 2.89. The summed E-state index contributed by atoms with van der Waals surface area (Å²) in [5.74, 6) is -0.0650. The molecule has 0 saturated carbocycles. The van der Waals surface area contributed by atoms with Crippen molar-refractivity contribution in [2.75, 3.05) is 14.1 Å². The van der Waals surface area contributed by atoms with Crippen LogP contribution in [0.2, 0.25) is 5.28 Å². The highest BCUT2D eigenvalue weighted by molar-refractivity contribution is 6.28. The van der Waals surface area contributed by atoms with Crippen molar-refractivity contribution in [2.24, 2.45) is 0 Å². The second-order valence-corrected chi connectivity index (χ2v) is 5.08. The van der Waals surface area contributed by atoms with Crippen LogP contribution in [0.15, 0.2) is 30.5 Å². The van der Waals surface area contributed by atoms with Crippen molar-refractivity contribution in [3.8, 4) is 11.4 Å². The predicted octanol–water partition coefficient (Wildman–Crippen LogP) is 2.38. The molecule has 6 nitrogen and oxygen atoms in total. The van der Waals surface area contributed by atoms with Gasteiger partial charge in [-0.25, -0.2) is 9.97 Å². The summed E-state index contributed by atoms with van der Waals surface area (Å²) in [6.07, 6.45) is 1.57. The summed E-state index contributed by atoms with van der Waals surface area (Å²) in [5, 5.41) is 8.15. The van der Waals surface area contributed by atoms with Gasteiger partial charge in [-0.2, -0.15) is 5.10 Å². The fourth-order valence-electron chi connectivity index (χ4n) is 2.07. The van der Waals surface area contributed by atoms with Gasteiger partial charge in [0, 0.05) is 31.2 Å². The Hall–Kier alpha value is -2.47. The quantitative estimate of drug-likeness (QED) is 0.737. The molecule has 3 aromatic rings. The van der Waals surface area contributed by atoms with Gasteiger partial charge in [-0.15, -0.1) is 0 Å². The third-order valence-electron chi connectivity index (χ3n) is 3.08. The monoisotopic (exact) mass is 301 g/mol. The van der Waals surface area contributed by atoms with Crippen LogP contribution in [0, 0.1) is 0 Å². The fourth-order valence-corrected chi connectivity index (χ4v) is 2.21. The number of fused-ring (bicyclic) bond motifs is 1. The highest BCUT2D eigenvalue weighted by Gasteiger charge is 2.14. The Labute approximate surface area is 125 Å². The summed E-state index contributed by atoms with van der Waals surface area (Å²) in [7, 11) is 3.43. The molecule has 2 heterocycles. The standard InChI is InChI=1S/C14H12ClN5O/c1-20(2)13(21)8-3-4-10-9(7-8)12(19-18-10)11-5-6-16-14(15)17-11/h3-7H,1-2H3,(H,18,19). The number of carbonyl (C=O) groups is 1. The number of aromatic amines is 1. The summed E-state index contributed by atoms with van der Waals surface area (Å²) in [6.45, 7) is 0. The molecular formula is C14H12ClN5O. The Morgan fingerprint density at radius 1 is 1.29 bits per heavy atom. The minimum atomic E-state index is -0.0650. The van der Waals surface area contributed by atoms with Gasteiger partial charge in [0.1, 0.15) is 5.69 Å². The first kappa shape index (κ1) is 13.5. The largest absolute Gasteiger partial charge is 0.345 e. The molecule has 1 aromatic carbocycles. The normalized spacial score (nSPS) is 10.8. The lowest BCUT2D eigenvalue weighted by Gasteiger charge is -2.10. The summed E-state index contributed by atoms with van der Waals surface area (Å²) >= 11 is 5.82. The molecule has 1 amide bonds. The van der Waals surface area contributed by atoms with Crippen LogP contribution in [0.4, 0.5) is 0 Å². The van der Waals surface area contributed by atoms with E-state index in [4.69, 9.17) is 11.6 Å². The van der Waals surface area contributed by atoms with Crippen molar-refractivity contribution in [3.63, 3.8) is 0 Å². The van der Waals surface area contributed by atoms with Gasteiger partial charge in [0.05, 0.1) is 11.2 Å². The van der Waals surface area contributed by atoms with Crippen LogP contribution >= 0.6 is 11.6 Å². The number of H-pyrrole nitrogens is 1. The zero-order valence-corrected chi connectivity index (χ0v) is 12.2. The number of aromatic nitrogens is 4. The molecule has 0 aliphatic heterocycles. The van der Waals surface area contributed by atoms with Crippen molar-refractivity contribution in [1.29, 1.82) is 0 Å². The Morgan fingerprint density at radius 2 is 2.10 bits per heavy atom. The lowest BCUT2D eigenvalue weighted by Crippen LogP contribution is -2.21. The van der Waals surface area contributed by atoms with Crippen molar-refractivity contribution in [3.05, 3.63) is 41.3 Å². The predicted molar refractivity (Wildman–Crippen MR) is 80.1 cm³/mol. The number of rotatable bonds is 2. The molecule has 0 saturated heterocycles. The average molecular weight is 302 g/mol. The number of carbonyl (C=O) groups excluding carboxylic acids is 1. The van der Waals surface area contributed by atoms with Gasteiger partial charge >= 0.3 is 0 Å². The van der Waals surface area contributed by atoms with E-state index in [1.54, 1.807) is 38.5 Å². The van der Waals surface area contributed by atoms with Crippen molar-refractivity contribution >= 4 is 28.4 Å². The molecular weight excluding hydrogens is 290 g/mol. The van der Waals surface area contributed by atoms with E-state index in [1.165, 1.54) is 4.90 Å². The number of benzene rings is 1. The molecule has 1 N–H and O–H groups in total. The van der Waals surface area contributed by atoms with Crippen LogP contribution in [-0.2, 0) is 0 Å². The number of hydrogen-bond donors (Lipinski definition) is 1. The van der Waals surface area contributed by atoms with Gasteiger partial charge in [-0.3, -0.25) is 9.89 Å². The third-order valence-corrected chi connectivity index (χ3v) is 3.27. The van der Waals surface area contributed by atoms with Gasteiger partial charge in [0.2, 0.25) is 5.28 Å². The van der Waals surface area contributed by atoms with Crippen LogP contribution in [0.1, 0.15) is 10.4 Å². The Bertz CT molecular complexity index is 827. The first-order valence-electron chi connectivity index (χ1n) is 6.25. The molecule has 0 unspecified atom stereocenters. The van der Waals surface area contributed by atoms with Gasteiger partial charge in [-0.05, 0) is 35.9 Å². The topological polar surface area (TPSA) is 74.8 Å². The summed E-state index contributed by atoms with van der Waals surface area (Å²) in [6, 6.07) is 7.11. The van der Waals surface area contributed by atoms with E-state index in [0.717, 1.165) is 10.9 Å². The van der Waals surface area contributed by atoms with Crippen molar-refractivity contribution in [2.45, 2.75) is 0 Å². The minimum absolute atomic E-state index is 0.0650. The molecule has 0 aliphatic carbocycles. The molecule has 0 radical (unpaired) electrons. The maximum atomic E-state index is 12.1. The molecule has 106 valence electrons. The third kappa shape index (κ3) is 2.45. The molecule has 0 spiro atoms. The van der Waals surface area contributed by atoms with Crippen molar-refractivity contribution in [1.82, 2.24) is 25.1 Å². The second-order valence-electron chi connectivity index (χ2n) is 4.74. The van der Waals surface area contributed by atoms with E-state index in [1.807, 2.05) is 6.07 Å². The van der Waals surface area contributed by atoms with Gasteiger partial charge in [0.25, 0.3) is 5.91 Å². The molecule has 0 atom stereocenters. The first-order chi connectivity index (χ1) is 10.1. The number of amides is 1. The van der Waals surface area contributed by atoms with E-state index in [0.29, 0.717) is 17.0 Å². The van der Waals surface area contributed by atoms with Gasteiger partial charge in [0.15, 0.2) is 0 Å². The van der Waals surface area contributed by atoms with E-state index in [-0.39, 0.29) is 11.2 Å². The number of hydrogen-bond acceptors (Lipinski definition) is 4. The lowest BCUT2D eigenvalue weighted by atomic mass is 10.1. The van der Waals surface area contributed by atoms with Crippen LogP contribution < -0.4 is 0 Å². The number of nitrogens with zero attached hydrogens (tertiary/aromatic N) is 4. The second kappa shape index (κ2) is 5.14. The van der Waals surface area contributed by atoms with Gasteiger partial charge < -0.3 is 4.90 Å². The summed E-state index contributed by atoms with van der Waals surface area (Å²) in [4.78, 5) is 21.6. The van der Waals surface area contributed by atoms with Crippen LogP contribution in [0.25, 0.3) is 22.3 Å². The zero-order valence-electron chi connectivity index (χ0n) is 11.5. The molecule has 21 heavy (non-hydrogen) atoms. The van der Waals surface area contributed by atoms with Crippen LogP contribution in [-0.4, -0.2) is 45.1 Å². The van der Waals surface area contributed by atoms with E-state index in [2.05, 4.69) is 20.2 Å². The van der Waals surface area contributed by atoms with Crippen LogP contribution in [0.5, 0.6) is 0 Å². The van der Waals surface area contributed by atoms with E-state index >= 15 is 0 Å². The molecule has 0 bridgehead atoms. The zero-order chi connectivity index (χ0) is 15.0. The van der Waals surface area contributed by atoms with E-state index in [9.17, 15) is 4.79 Å². The van der Waals surface area contributed by atoms with Crippen LogP contribution in [0.3, 0.4) is 0 Å². The Kier molecular flexibility index (Phi) is 3.31. The number of halogens is 1. The maximum Gasteiger partial charge on any atom is 0.253 e. The molecule has 0 aliphatic rings. The number of nitrogens with one attached hydrogen (secondary N) is 1. The van der Waals surface area contributed by atoms with Crippen molar-refractivity contribution < 1.29 is 4.79 Å². The van der Waals surface area contributed by atoms with Gasteiger partial charge in [-0.1, -0.05) is 0 Å². The smallest absolute Gasteiger partial charge is 0.253 e. The lowest BCUT2D eigenvalue weighted by molar-refractivity contribution is 0.0828. The molecule has 0 fully saturated rings. The SMILES string of the molecule is CN(C)C(=O)c1ccc2[nH]nc(-c3ccnc(Cl)n3)c2c1. The van der Waals surface area contributed by atoms with E-state index < -0.39 is 0 Å². The summed E-state index contributed by atoms with van der Waals surface area (Å²) in [5.41, 5.74) is 2.67. The molecule has 2 aromatic heterocycles. The Balaban J connectivity index is 2.16.